The number of nitrogens with zero attached hydrogens (tertiary/aromatic N) is 1. The maximum Gasteiger partial charge on any atom is 0.0664 e. The van der Waals surface area contributed by atoms with Crippen LogP contribution in [0.1, 0.15) is 52.4 Å². The second-order valence-corrected chi connectivity index (χ2v) is 5.13. The van der Waals surface area contributed by atoms with Gasteiger partial charge in [0.05, 0.1) is 6.10 Å². The third kappa shape index (κ3) is 4.40. The van der Waals surface area contributed by atoms with Crippen LogP contribution in [0.5, 0.6) is 0 Å². The standard InChI is InChI=1S/C13H28N2O/c1-3-9-15(10-13(16)4-2)12-7-5-11(14)6-8-12/h11-13,16H,3-10,14H2,1-2H3. The van der Waals surface area contributed by atoms with Crippen molar-refractivity contribution in [3.05, 3.63) is 0 Å². The van der Waals surface area contributed by atoms with E-state index in [0.29, 0.717) is 12.1 Å². The van der Waals surface area contributed by atoms with Crippen molar-refractivity contribution in [2.24, 2.45) is 5.73 Å². The highest BCUT2D eigenvalue weighted by Crippen LogP contribution is 2.22. The van der Waals surface area contributed by atoms with E-state index in [1.165, 1.54) is 19.3 Å². The molecule has 1 unspecified atom stereocenters. The SMILES string of the molecule is CCCN(CC(O)CC)C1CCC(N)CC1. The van der Waals surface area contributed by atoms with E-state index in [9.17, 15) is 5.11 Å². The van der Waals surface area contributed by atoms with Crippen molar-refractivity contribution >= 4 is 0 Å². The van der Waals surface area contributed by atoms with Crippen molar-refractivity contribution in [1.82, 2.24) is 4.90 Å². The zero-order valence-electron chi connectivity index (χ0n) is 10.9. The number of hydrogen-bond acceptors (Lipinski definition) is 3. The molecule has 0 aromatic carbocycles. The van der Waals surface area contributed by atoms with E-state index in [-0.39, 0.29) is 6.10 Å². The van der Waals surface area contributed by atoms with Crippen LogP contribution >= 0.6 is 0 Å². The molecule has 0 spiro atoms. The highest BCUT2D eigenvalue weighted by Gasteiger charge is 2.24. The van der Waals surface area contributed by atoms with Crippen molar-refractivity contribution in [3.8, 4) is 0 Å². The maximum atomic E-state index is 9.77. The zero-order valence-corrected chi connectivity index (χ0v) is 10.9. The van der Waals surface area contributed by atoms with Crippen LogP contribution in [0.25, 0.3) is 0 Å². The minimum Gasteiger partial charge on any atom is -0.392 e. The summed E-state index contributed by atoms with van der Waals surface area (Å²) >= 11 is 0. The number of rotatable bonds is 6. The van der Waals surface area contributed by atoms with E-state index in [1.807, 2.05) is 6.92 Å². The van der Waals surface area contributed by atoms with Gasteiger partial charge in [0.1, 0.15) is 0 Å². The van der Waals surface area contributed by atoms with Gasteiger partial charge in [-0.15, -0.1) is 0 Å². The molecule has 3 N–H and O–H groups in total. The quantitative estimate of drug-likeness (QED) is 0.728. The summed E-state index contributed by atoms with van der Waals surface area (Å²) in [5.74, 6) is 0. The Labute approximate surface area is 100 Å². The topological polar surface area (TPSA) is 49.5 Å². The van der Waals surface area contributed by atoms with Gasteiger partial charge in [-0.3, -0.25) is 4.90 Å². The van der Waals surface area contributed by atoms with Gasteiger partial charge in [-0.25, -0.2) is 0 Å². The Morgan fingerprint density at radius 3 is 2.38 bits per heavy atom. The van der Waals surface area contributed by atoms with E-state index < -0.39 is 0 Å². The minimum atomic E-state index is -0.165. The summed E-state index contributed by atoms with van der Waals surface area (Å²) in [4.78, 5) is 2.47. The lowest BCUT2D eigenvalue weighted by Gasteiger charge is -2.37. The zero-order chi connectivity index (χ0) is 12.0. The van der Waals surface area contributed by atoms with E-state index in [4.69, 9.17) is 5.73 Å². The van der Waals surface area contributed by atoms with Crippen LogP contribution in [0.4, 0.5) is 0 Å². The van der Waals surface area contributed by atoms with Crippen molar-refractivity contribution < 1.29 is 5.11 Å². The molecule has 1 atom stereocenters. The predicted molar refractivity (Wildman–Crippen MR) is 68.4 cm³/mol. The highest BCUT2D eigenvalue weighted by molar-refractivity contribution is 4.82. The largest absolute Gasteiger partial charge is 0.392 e. The van der Waals surface area contributed by atoms with Crippen LogP contribution in [0.2, 0.25) is 0 Å². The molecule has 0 heterocycles. The molecule has 1 saturated carbocycles. The molecule has 0 aliphatic heterocycles. The lowest BCUT2D eigenvalue weighted by molar-refractivity contribution is 0.0691. The van der Waals surface area contributed by atoms with Crippen LogP contribution in [0.15, 0.2) is 0 Å². The first kappa shape index (κ1) is 13.9. The molecule has 0 amide bonds. The van der Waals surface area contributed by atoms with Gasteiger partial charge < -0.3 is 10.8 Å². The van der Waals surface area contributed by atoms with Crippen molar-refractivity contribution in [2.75, 3.05) is 13.1 Å². The molecular formula is C13H28N2O. The molecule has 3 nitrogen and oxygen atoms in total. The molecule has 0 radical (unpaired) electrons. The summed E-state index contributed by atoms with van der Waals surface area (Å²) < 4.78 is 0. The summed E-state index contributed by atoms with van der Waals surface area (Å²) in [6.07, 6.45) is 6.56. The third-order valence-corrected chi connectivity index (χ3v) is 3.69. The van der Waals surface area contributed by atoms with Crippen LogP contribution in [-0.4, -0.2) is 41.3 Å². The third-order valence-electron chi connectivity index (χ3n) is 3.69. The van der Waals surface area contributed by atoms with Gasteiger partial charge >= 0.3 is 0 Å². The summed E-state index contributed by atoms with van der Waals surface area (Å²) in [5.41, 5.74) is 5.93. The fraction of sp³-hybridized carbons (Fsp3) is 1.00. The van der Waals surface area contributed by atoms with Gasteiger partial charge in [0.2, 0.25) is 0 Å². The monoisotopic (exact) mass is 228 g/mol. The molecule has 3 heteroatoms. The Hall–Kier alpha value is -0.120. The van der Waals surface area contributed by atoms with Gasteiger partial charge in [-0.2, -0.15) is 0 Å². The second-order valence-electron chi connectivity index (χ2n) is 5.13. The molecular weight excluding hydrogens is 200 g/mol. The average molecular weight is 228 g/mol. The first-order chi connectivity index (χ1) is 7.67. The highest BCUT2D eigenvalue weighted by atomic mass is 16.3. The predicted octanol–water partition coefficient (Wildman–Crippen LogP) is 1.74. The maximum absolute atomic E-state index is 9.77. The van der Waals surface area contributed by atoms with Gasteiger partial charge in [0, 0.05) is 18.6 Å². The average Bonchev–Trinajstić information content (AvgIpc) is 2.29. The Morgan fingerprint density at radius 2 is 1.88 bits per heavy atom. The van der Waals surface area contributed by atoms with Gasteiger partial charge in [0.25, 0.3) is 0 Å². The fourth-order valence-corrected chi connectivity index (χ4v) is 2.58. The summed E-state index contributed by atoms with van der Waals surface area (Å²) in [6, 6.07) is 1.07. The summed E-state index contributed by atoms with van der Waals surface area (Å²) in [5, 5.41) is 9.77. The van der Waals surface area contributed by atoms with Crippen molar-refractivity contribution in [1.29, 1.82) is 0 Å². The van der Waals surface area contributed by atoms with Gasteiger partial charge in [0.15, 0.2) is 0 Å². The number of hydrogen-bond donors (Lipinski definition) is 2. The van der Waals surface area contributed by atoms with Crippen LogP contribution in [0, 0.1) is 0 Å². The lowest BCUT2D eigenvalue weighted by Crippen LogP contribution is -2.44. The van der Waals surface area contributed by atoms with Gasteiger partial charge in [-0.1, -0.05) is 13.8 Å². The number of nitrogens with two attached hydrogens (primary N) is 1. The minimum absolute atomic E-state index is 0.165. The molecule has 1 rings (SSSR count). The Morgan fingerprint density at radius 1 is 1.25 bits per heavy atom. The molecule has 1 fully saturated rings. The Balaban J connectivity index is 2.42. The lowest BCUT2D eigenvalue weighted by atomic mass is 9.90. The number of aliphatic hydroxyl groups is 1. The van der Waals surface area contributed by atoms with E-state index in [1.54, 1.807) is 0 Å². The smallest absolute Gasteiger partial charge is 0.0664 e. The van der Waals surface area contributed by atoms with E-state index in [2.05, 4.69) is 11.8 Å². The number of aliphatic hydroxyl groups excluding tert-OH is 1. The molecule has 0 aromatic heterocycles. The molecule has 0 bridgehead atoms. The fourth-order valence-electron chi connectivity index (χ4n) is 2.58. The normalized spacial score (nSPS) is 28.3. The first-order valence-corrected chi connectivity index (χ1v) is 6.85. The summed E-state index contributed by atoms with van der Waals surface area (Å²) in [6.45, 7) is 6.20. The molecule has 1 aliphatic carbocycles. The molecule has 0 saturated heterocycles. The van der Waals surface area contributed by atoms with Crippen LogP contribution in [0.3, 0.4) is 0 Å². The van der Waals surface area contributed by atoms with Crippen molar-refractivity contribution in [2.45, 2.75) is 70.6 Å². The van der Waals surface area contributed by atoms with E-state index in [0.717, 1.165) is 32.4 Å². The van der Waals surface area contributed by atoms with Crippen LogP contribution in [-0.2, 0) is 0 Å². The molecule has 16 heavy (non-hydrogen) atoms. The molecule has 1 aliphatic rings. The summed E-state index contributed by atoms with van der Waals surface area (Å²) in [7, 11) is 0. The Kier molecular flexibility index (Phi) is 6.32. The molecule has 96 valence electrons. The second kappa shape index (κ2) is 7.25. The van der Waals surface area contributed by atoms with Crippen LogP contribution < -0.4 is 5.73 Å². The molecule has 0 aromatic rings. The van der Waals surface area contributed by atoms with Crippen molar-refractivity contribution in [3.63, 3.8) is 0 Å². The van der Waals surface area contributed by atoms with Gasteiger partial charge in [-0.05, 0) is 45.1 Å². The first-order valence-electron chi connectivity index (χ1n) is 6.85. The Bertz CT molecular complexity index is 179. The van der Waals surface area contributed by atoms with E-state index >= 15 is 0 Å².